The predicted octanol–water partition coefficient (Wildman–Crippen LogP) is 3.20. The van der Waals surface area contributed by atoms with Crippen molar-refractivity contribution in [1.29, 1.82) is 0 Å². The van der Waals surface area contributed by atoms with Gasteiger partial charge in [-0.15, -0.1) is 0 Å². The molecular formula is C13H15ClN2O2. The van der Waals surface area contributed by atoms with Gasteiger partial charge in [-0.25, -0.2) is 9.78 Å². The zero-order valence-corrected chi connectivity index (χ0v) is 10.7. The molecule has 1 unspecified atom stereocenters. The molecule has 0 fully saturated rings. The highest BCUT2D eigenvalue weighted by Gasteiger charge is 2.12. The molecule has 1 aliphatic rings. The van der Waals surface area contributed by atoms with Crippen molar-refractivity contribution in [2.75, 3.05) is 11.9 Å². The van der Waals surface area contributed by atoms with E-state index in [-0.39, 0.29) is 5.56 Å². The second-order valence-electron chi connectivity index (χ2n) is 4.39. The van der Waals surface area contributed by atoms with Gasteiger partial charge >= 0.3 is 5.97 Å². The van der Waals surface area contributed by atoms with Crippen LogP contribution in [0.1, 0.15) is 29.6 Å². The third-order valence-electron chi connectivity index (χ3n) is 3.02. The number of nitrogens with one attached hydrogen (secondary N) is 1. The first-order valence-electron chi connectivity index (χ1n) is 5.94. The van der Waals surface area contributed by atoms with Crippen LogP contribution in [0.15, 0.2) is 24.4 Å². The monoisotopic (exact) mass is 266 g/mol. The number of pyridine rings is 1. The average Bonchev–Trinajstić information content (AvgIpc) is 2.38. The van der Waals surface area contributed by atoms with Gasteiger partial charge in [-0.3, -0.25) is 0 Å². The van der Waals surface area contributed by atoms with Crippen LogP contribution in [0.3, 0.4) is 0 Å². The van der Waals surface area contributed by atoms with E-state index in [1.807, 2.05) is 0 Å². The van der Waals surface area contributed by atoms with Crippen molar-refractivity contribution in [3.8, 4) is 0 Å². The van der Waals surface area contributed by atoms with Gasteiger partial charge in [0.25, 0.3) is 0 Å². The summed E-state index contributed by atoms with van der Waals surface area (Å²) in [7, 11) is 0. The van der Waals surface area contributed by atoms with Crippen molar-refractivity contribution >= 4 is 23.4 Å². The van der Waals surface area contributed by atoms with Crippen LogP contribution in [0.4, 0.5) is 5.82 Å². The first kappa shape index (κ1) is 12.9. The van der Waals surface area contributed by atoms with Gasteiger partial charge in [-0.2, -0.15) is 0 Å². The maximum Gasteiger partial charge on any atom is 0.337 e. The first-order chi connectivity index (χ1) is 8.66. The fraction of sp³-hybridized carbons (Fsp3) is 0.385. The summed E-state index contributed by atoms with van der Waals surface area (Å²) in [6.07, 6.45) is 9.05. The Morgan fingerprint density at radius 2 is 2.39 bits per heavy atom. The number of nitrogens with zero attached hydrogens (tertiary/aromatic N) is 1. The van der Waals surface area contributed by atoms with Crippen molar-refractivity contribution < 1.29 is 9.90 Å². The Balaban J connectivity index is 1.97. The number of allylic oxidation sites excluding steroid dienone is 2. The van der Waals surface area contributed by atoms with Crippen molar-refractivity contribution in [2.24, 2.45) is 5.92 Å². The summed E-state index contributed by atoms with van der Waals surface area (Å²) in [6, 6.07) is 1.42. The molecule has 0 aliphatic heterocycles. The van der Waals surface area contributed by atoms with Crippen LogP contribution in [-0.2, 0) is 0 Å². The average molecular weight is 267 g/mol. The van der Waals surface area contributed by atoms with E-state index < -0.39 is 5.97 Å². The van der Waals surface area contributed by atoms with E-state index in [9.17, 15) is 4.79 Å². The summed E-state index contributed by atoms with van der Waals surface area (Å²) in [5.41, 5.74) is 0.103. The van der Waals surface area contributed by atoms with E-state index in [1.54, 1.807) is 0 Å². The van der Waals surface area contributed by atoms with Crippen molar-refractivity contribution in [3.05, 3.63) is 35.0 Å². The smallest absolute Gasteiger partial charge is 0.337 e. The number of carboxylic acids is 1. The van der Waals surface area contributed by atoms with Gasteiger partial charge in [-0.05, 0) is 31.2 Å². The molecule has 0 amide bonds. The van der Waals surface area contributed by atoms with Crippen molar-refractivity contribution in [1.82, 2.24) is 4.98 Å². The van der Waals surface area contributed by atoms with Gasteiger partial charge in [0, 0.05) is 12.7 Å². The molecule has 96 valence electrons. The Kier molecular flexibility index (Phi) is 4.20. The molecule has 2 rings (SSSR count). The van der Waals surface area contributed by atoms with Crippen LogP contribution < -0.4 is 5.32 Å². The summed E-state index contributed by atoms with van der Waals surface area (Å²) in [5, 5.41) is 12.3. The molecule has 0 saturated carbocycles. The lowest BCUT2D eigenvalue weighted by molar-refractivity contribution is 0.0696. The van der Waals surface area contributed by atoms with Gasteiger partial charge in [0.15, 0.2) is 0 Å². The number of hydrogen-bond acceptors (Lipinski definition) is 3. The van der Waals surface area contributed by atoms with Crippen LogP contribution in [0, 0.1) is 5.92 Å². The number of anilines is 1. The molecule has 1 heterocycles. The fourth-order valence-electron chi connectivity index (χ4n) is 1.97. The SMILES string of the molecule is O=C(O)c1cnc(NCC2CC=CCC2)c(Cl)c1. The third-order valence-corrected chi connectivity index (χ3v) is 3.31. The Hall–Kier alpha value is -1.55. The normalized spacial score (nSPS) is 18.6. The Morgan fingerprint density at radius 1 is 1.56 bits per heavy atom. The highest BCUT2D eigenvalue weighted by Crippen LogP contribution is 2.23. The second kappa shape index (κ2) is 5.87. The van der Waals surface area contributed by atoms with E-state index >= 15 is 0 Å². The minimum absolute atomic E-state index is 0.103. The van der Waals surface area contributed by atoms with Crippen molar-refractivity contribution in [2.45, 2.75) is 19.3 Å². The highest BCUT2D eigenvalue weighted by atomic mass is 35.5. The van der Waals surface area contributed by atoms with Gasteiger partial charge in [0.1, 0.15) is 5.82 Å². The number of rotatable bonds is 4. The van der Waals surface area contributed by atoms with Crippen LogP contribution in [0.5, 0.6) is 0 Å². The summed E-state index contributed by atoms with van der Waals surface area (Å²) < 4.78 is 0. The fourth-order valence-corrected chi connectivity index (χ4v) is 2.20. The third kappa shape index (κ3) is 3.23. The lowest BCUT2D eigenvalue weighted by atomic mass is 9.94. The molecule has 5 heteroatoms. The molecule has 4 nitrogen and oxygen atoms in total. The second-order valence-corrected chi connectivity index (χ2v) is 4.80. The number of aromatic nitrogens is 1. The summed E-state index contributed by atoms with van der Waals surface area (Å²) >= 11 is 5.99. The van der Waals surface area contributed by atoms with E-state index in [2.05, 4.69) is 22.5 Å². The topological polar surface area (TPSA) is 62.2 Å². The molecule has 1 aliphatic carbocycles. The first-order valence-corrected chi connectivity index (χ1v) is 6.32. The molecule has 1 aromatic rings. The lowest BCUT2D eigenvalue weighted by Gasteiger charge is -2.18. The Labute approximate surface area is 111 Å². The number of hydrogen-bond donors (Lipinski definition) is 2. The Morgan fingerprint density at radius 3 is 3.00 bits per heavy atom. The van der Waals surface area contributed by atoms with Gasteiger partial charge < -0.3 is 10.4 Å². The number of carbonyl (C=O) groups is 1. The molecule has 0 saturated heterocycles. The molecular weight excluding hydrogens is 252 g/mol. The number of aromatic carboxylic acids is 1. The number of carboxylic acid groups (broad SMARTS) is 1. The molecule has 2 N–H and O–H groups in total. The summed E-state index contributed by atoms with van der Waals surface area (Å²) in [5.74, 6) is 0.122. The van der Waals surface area contributed by atoms with Crippen LogP contribution in [0.2, 0.25) is 5.02 Å². The van der Waals surface area contributed by atoms with Gasteiger partial charge in [0.2, 0.25) is 0 Å². The zero-order chi connectivity index (χ0) is 13.0. The molecule has 1 atom stereocenters. The summed E-state index contributed by atoms with van der Waals surface area (Å²) in [6.45, 7) is 0.809. The van der Waals surface area contributed by atoms with E-state index in [0.29, 0.717) is 16.8 Å². The maximum absolute atomic E-state index is 10.7. The van der Waals surface area contributed by atoms with Crippen LogP contribution in [0.25, 0.3) is 0 Å². The minimum atomic E-state index is -1.02. The molecule has 18 heavy (non-hydrogen) atoms. The molecule has 0 bridgehead atoms. The largest absolute Gasteiger partial charge is 0.478 e. The standard InChI is InChI=1S/C13H15ClN2O2/c14-11-6-10(13(17)18)8-16-12(11)15-7-9-4-2-1-3-5-9/h1-2,6,8-9H,3-5,7H2,(H,15,16)(H,17,18). The van der Waals surface area contributed by atoms with E-state index in [1.165, 1.54) is 12.3 Å². The number of halogens is 1. The Bertz CT molecular complexity index is 474. The zero-order valence-electron chi connectivity index (χ0n) is 9.90. The van der Waals surface area contributed by atoms with Crippen molar-refractivity contribution in [3.63, 3.8) is 0 Å². The molecule has 1 aromatic heterocycles. The highest BCUT2D eigenvalue weighted by molar-refractivity contribution is 6.33. The minimum Gasteiger partial charge on any atom is -0.478 e. The lowest BCUT2D eigenvalue weighted by Crippen LogP contribution is -2.16. The maximum atomic E-state index is 10.7. The molecule has 0 aromatic carbocycles. The van der Waals surface area contributed by atoms with E-state index in [0.717, 1.165) is 25.8 Å². The van der Waals surface area contributed by atoms with Crippen LogP contribution in [-0.4, -0.2) is 22.6 Å². The van der Waals surface area contributed by atoms with E-state index in [4.69, 9.17) is 16.7 Å². The van der Waals surface area contributed by atoms with Gasteiger partial charge in [0.05, 0.1) is 10.6 Å². The molecule has 0 radical (unpaired) electrons. The quantitative estimate of drug-likeness (QED) is 0.822. The van der Waals surface area contributed by atoms with Gasteiger partial charge in [-0.1, -0.05) is 23.8 Å². The molecule has 0 spiro atoms. The summed E-state index contributed by atoms with van der Waals surface area (Å²) in [4.78, 5) is 14.8. The predicted molar refractivity (Wildman–Crippen MR) is 71.2 cm³/mol. The van der Waals surface area contributed by atoms with Crippen LogP contribution >= 0.6 is 11.6 Å².